The lowest BCUT2D eigenvalue weighted by atomic mass is 10.1. The number of nitrogens with zero attached hydrogens (tertiary/aromatic N) is 1. The van der Waals surface area contributed by atoms with Crippen molar-refractivity contribution in [2.75, 3.05) is 13.6 Å². The van der Waals surface area contributed by atoms with Crippen LogP contribution in [0.15, 0.2) is 146 Å². The summed E-state index contributed by atoms with van der Waals surface area (Å²) in [5, 5.41) is 0. The molecule has 0 aliphatic heterocycles. The maximum absolute atomic E-state index is 13.6. The quantitative estimate of drug-likeness (QED) is 0.0962. The van der Waals surface area contributed by atoms with Gasteiger partial charge in [0.25, 0.3) is 0 Å². The third-order valence-corrected chi connectivity index (χ3v) is 7.86. The Hall–Kier alpha value is -5.24. The molecule has 5 aromatic carbocycles. The molecule has 246 valence electrons. The van der Waals surface area contributed by atoms with Crippen LogP contribution in [-0.2, 0) is 50.2 Å². The average molecular weight is 644 g/mol. The first-order chi connectivity index (χ1) is 23.5. The molecule has 0 aliphatic rings. The second kappa shape index (κ2) is 18.2. The Labute approximate surface area is 282 Å². The number of benzene rings is 5. The van der Waals surface area contributed by atoms with Crippen molar-refractivity contribution in [1.82, 2.24) is 4.90 Å². The highest BCUT2D eigenvalue weighted by molar-refractivity contribution is 5.82. The summed E-state index contributed by atoms with van der Waals surface area (Å²) in [7, 11) is 1.80. The summed E-state index contributed by atoms with van der Waals surface area (Å²) in [5.74, 6) is -0.305. The first-order valence-corrected chi connectivity index (χ1v) is 16.1. The zero-order valence-corrected chi connectivity index (χ0v) is 27.2. The summed E-state index contributed by atoms with van der Waals surface area (Å²) in [6.07, 6.45) is -0.636. The van der Waals surface area contributed by atoms with Gasteiger partial charge in [-0.15, -0.1) is 0 Å². The van der Waals surface area contributed by atoms with Gasteiger partial charge in [-0.2, -0.15) is 0 Å². The summed E-state index contributed by atoms with van der Waals surface area (Å²) in [4.78, 5) is 28.5. The Balaban J connectivity index is 1.33. The van der Waals surface area contributed by atoms with Crippen molar-refractivity contribution in [2.24, 2.45) is 0 Å². The monoisotopic (exact) mass is 643 g/mol. The largest absolute Gasteiger partial charge is 0.489 e. The van der Waals surface area contributed by atoms with E-state index in [9.17, 15) is 9.59 Å². The summed E-state index contributed by atoms with van der Waals surface area (Å²) in [6.45, 7) is 1.30. The molecular formula is C41H41NO6. The fraction of sp³-hybridized carbons (Fsp3) is 0.220. The van der Waals surface area contributed by atoms with Crippen molar-refractivity contribution in [3.05, 3.63) is 173 Å². The number of rotatable bonds is 17. The van der Waals surface area contributed by atoms with Gasteiger partial charge in [0.05, 0.1) is 19.1 Å². The van der Waals surface area contributed by atoms with Crippen LogP contribution in [0.25, 0.3) is 0 Å². The molecule has 0 heterocycles. The molecule has 0 bridgehead atoms. The maximum Gasteiger partial charge on any atom is 0.324 e. The summed E-state index contributed by atoms with van der Waals surface area (Å²) < 4.78 is 23.9. The van der Waals surface area contributed by atoms with Crippen LogP contribution in [-0.4, -0.2) is 36.5 Å². The second-order valence-corrected chi connectivity index (χ2v) is 11.5. The van der Waals surface area contributed by atoms with Crippen molar-refractivity contribution in [1.29, 1.82) is 0 Å². The van der Waals surface area contributed by atoms with Crippen LogP contribution < -0.4 is 4.74 Å². The van der Waals surface area contributed by atoms with E-state index in [4.69, 9.17) is 18.9 Å². The molecular weight excluding hydrogens is 602 g/mol. The summed E-state index contributed by atoms with van der Waals surface area (Å²) in [6, 6.07) is 45.7. The van der Waals surface area contributed by atoms with Gasteiger partial charge in [0.1, 0.15) is 31.6 Å². The van der Waals surface area contributed by atoms with Crippen LogP contribution >= 0.6 is 0 Å². The first-order valence-electron chi connectivity index (χ1n) is 16.1. The number of carbonyl (C=O) groups excluding carboxylic acids is 2. The van der Waals surface area contributed by atoms with Crippen molar-refractivity contribution in [3.8, 4) is 5.75 Å². The van der Waals surface area contributed by atoms with Gasteiger partial charge in [-0.25, -0.2) is 0 Å². The van der Waals surface area contributed by atoms with Crippen LogP contribution in [0.2, 0.25) is 0 Å². The normalized spacial score (nSPS) is 12.2. The Morgan fingerprint density at radius 1 is 0.583 bits per heavy atom. The van der Waals surface area contributed by atoms with Crippen molar-refractivity contribution >= 4 is 11.9 Å². The summed E-state index contributed by atoms with van der Waals surface area (Å²) >= 11 is 0. The molecule has 7 nitrogen and oxygen atoms in total. The zero-order chi connectivity index (χ0) is 33.4. The van der Waals surface area contributed by atoms with Gasteiger partial charge < -0.3 is 18.9 Å². The number of ether oxygens (including phenoxy) is 4. The number of hydrogen-bond donors (Lipinski definition) is 0. The van der Waals surface area contributed by atoms with Gasteiger partial charge in [-0.1, -0.05) is 133 Å². The van der Waals surface area contributed by atoms with Gasteiger partial charge in [-0.05, 0) is 47.0 Å². The first kappa shape index (κ1) is 34.1. The Morgan fingerprint density at radius 3 is 1.65 bits per heavy atom. The third kappa shape index (κ3) is 10.9. The average Bonchev–Trinajstić information content (AvgIpc) is 3.14. The van der Waals surface area contributed by atoms with Gasteiger partial charge in [-0.3, -0.25) is 14.5 Å². The molecule has 0 aromatic heterocycles. The van der Waals surface area contributed by atoms with E-state index in [0.29, 0.717) is 25.5 Å². The lowest BCUT2D eigenvalue weighted by Crippen LogP contribution is -2.43. The molecule has 0 N–H and O–H groups in total. The molecule has 0 amide bonds. The van der Waals surface area contributed by atoms with E-state index in [1.54, 1.807) is 7.05 Å². The highest BCUT2D eigenvalue weighted by Crippen LogP contribution is 2.26. The van der Waals surface area contributed by atoms with Crippen LogP contribution in [0, 0.1) is 0 Å². The third-order valence-electron chi connectivity index (χ3n) is 7.86. The van der Waals surface area contributed by atoms with Gasteiger partial charge in [0, 0.05) is 6.54 Å². The van der Waals surface area contributed by atoms with E-state index in [-0.39, 0.29) is 19.6 Å². The van der Waals surface area contributed by atoms with E-state index in [0.717, 1.165) is 27.8 Å². The molecule has 2 atom stereocenters. The smallest absolute Gasteiger partial charge is 0.324 e. The minimum Gasteiger partial charge on any atom is -0.489 e. The SMILES string of the molecule is CN(C[C@H](OCc1ccccc1)c1cccc(OCc2ccccc2)c1)C(CC(=O)OCc1ccccc1)C(=O)OCc1ccccc1. The second-order valence-electron chi connectivity index (χ2n) is 11.5. The van der Waals surface area contributed by atoms with E-state index in [1.807, 2.05) is 150 Å². The van der Waals surface area contributed by atoms with Crippen molar-refractivity contribution in [2.45, 2.75) is 45.0 Å². The van der Waals surface area contributed by atoms with Crippen LogP contribution in [0.3, 0.4) is 0 Å². The minimum atomic E-state index is -0.905. The topological polar surface area (TPSA) is 74.3 Å². The lowest BCUT2D eigenvalue weighted by molar-refractivity contribution is -0.158. The lowest BCUT2D eigenvalue weighted by Gasteiger charge is -2.30. The van der Waals surface area contributed by atoms with E-state index in [2.05, 4.69) is 0 Å². The fourth-order valence-corrected chi connectivity index (χ4v) is 5.16. The molecule has 0 radical (unpaired) electrons. The highest BCUT2D eigenvalue weighted by atomic mass is 16.5. The standard InChI is InChI=1S/C41H41NO6/c1-42(38(41(44)48-31-35-21-12-5-13-22-35)26-40(43)47-30-34-19-10-4-11-20-34)27-39(46-29-33-17-8-3-9-18-33)36-23-14-24-37(25-36)45-28-32-15-6-2-7-16-32/h2-25,38-39H,26-31H2,1H3/t38?,39-/m0/s1. The van der Waals surface area contributed by atoms with Crippen LogP contribution in [0.1, 0.15) is 40.3 Å². The molecule has 0 fully saturated rings. The molecule has 1 unspecified atom stereocenters. The highest BCUT2D eigenvalue weighted by Gasteiger charge is 2.31. The number of likely N-dealkylation sites (N-methyl/N-ethyl adjacent to an activating group) is 1. The maximum atomic E-state index is 13.6. The Bertz CT molecular complexity index is 1680. The van der Waals surface area contributed by atoms with Gasteiger partial charge in [0.2, 0.25) is 0 Å². The van der Waals surface area contributed by atoms with Crippen molar-refractivity contribution in [3.63, 3.8) is 0 Å². The molecule has 5 rings (SSSR count). The molecule has 7 heteroatoms. The predicted molar refractivity (Wildman–Crippen MR) is 185 cm³/mol. The zero-order valence-electron chi connectivity index (χ0n) is 27.2. The number of esters is 2. The van der Waals surface area contributed by atoms with Gasteiger partial charge in [0.15, 0.2) is 0 Å². The van der Waals surface area contributed by atoms with Crippen LogP contribution in [0.5, 0.6) is 5.75 Å². The van der Waals surface area contributed by atoms with Crippen LogP contribution in [0.4, 0.5) is 0 Å². The van der Waals surface area contributed by atoms with E-state index in [1.165, 1.54) is 0 Å². The predicted octanol–water partition coefficient (Wildman–Crippen LogP) is 7.70. The van der Waals surface area contributed by atoms with Gasteiger partial charge >= 0.3 is 11.9 Å². The summed E-state index contributed by atoms with van der Waals surface area (Å²) in [5.41, 5.74) is 4.69. The molecule has 48 heavy (non-hydrogen) atoms. The van der Waals surface area contributed by atoms with Crippen molar-refractivity contribution < 1.29 is 28.5 Å². The van der Waals surface area contributed by atoms with E-state index < -0.39 is 24.1 Å². The fourth-order valence-electron chi connectivity index (χ4n) is 5.16. The number of hydrogen-bond acceptors (Lipinski definition) is 7. The molecule has 0 saturated heterocycles. The molecule has 0 saturated carbocycles. The molecule has 0 aliphatic carbocycles. The molecule has 5 aromatic rings. The Morgan fingerprint density at radius 2 is 1.08 bits per heavy atom. The van der Waals surface area contributed by atoms with E-state index >= 15 is 0 Å². The number of carbonyl (C=O) groups is 2. The minimum absolute atomic E-state index is 0.0951. The molecule has 0 spiro atoms. The Kier molecular flexibility index (Phi) is 12.9.